The molecule has 6 nitrogen and oxygen atoms in total. The predicted octanol–water partition coefficient (Wildman–Crippen LogP) is 4.70. The number of nitrogens with one attached hydrogen (secondary N) is 2. The molecule has 36 heavy (non-hydrogen) atoms. The van der Waals surface area contributed by atoms with Gasteiger partial charge in [-0.25, -0.2) is 0 Å². The van der Waals surface area contributed by atoms with Crippen LogP contribution in [0.5, 0.6) is 0 Å². The van der Waals surface area contributed by atoms with Crippen LogP contribution in [0.1, 0.15) is 54.7 Å². The third-order valence-corrected chi connectivity index (χ3v) is 6.07. The summed E-state index contributed by atoms with van der Waals surface area (Å²) in [5.74, 6) is -1.61. The van der Waals surface area contributed by atoms with Gasteiger partial charge in [0.25, 0.3) is 0 Å². The van der Waals surface area contributed by atoms with Gasteiger partial charge in [0.2, 0.25) is 11.8 Å². The minimum Gasteiger partial charge on any atom is -0.481 e. The lowest BCUT2D eigenvalue weighted by molar-refractivity contribution is -0.137. The summed E-state index contributed by atoms with van der Waals surface area (Å²) in [7, 11) is 0. The SMILES string of the molecule is O=C(O)CCCCNC(=O)CC(CCc1ccccc1)NC(=O)C(c1ccccc1)c1ccccc1. The van der Waals surface area contributed by atoms with Crippen LogP contribution in [0.25, 0.3) is 0 Å². The van der Waals surface area contributed by atoms with E-state index < -0.39 is 11.9 Å². The number of aryl methyl sites for hydroxylation is 1. The Morgan fingerprint density at radius 1 is 0.750 bits per heavy atom. The van der Waals surface area contributed by atoms with Gasteiger partial charge in [0.1, 0.15) is 0 Å². The summed E-state index contributed by atoms with van der Waals surface area (Å²) < 4.78 is 0. The van der Waals surface area contributed by atoms with Crippen LogP contribution in [-0.4, -0.2) is 35.5 Å². The highest BCUT2D eigenvalue weighted by molar-refractivity contribution is 5.88. The molecular formula is C30H34N2O4. The quantitative estimate of drug-likeness (QED) is 0.288. The van der Waals surface area contributed by atoms with Gasteiger partial charge in [-0.2, -0.15) is 0 Å². The van der Waals surface area contributed by atoms with Crippen LogP contribution in [0.4, 0.5) is 0 Å². The number of carboxylic acids is 1. The molecular weight excluding hydrogens is 452 g/mol. The summed E-state index contributed by atoms with van der Waals surface area (Å²) >= 11 is 0. The van der Waals surface area contributed by atoms with Crippen molar-refractivity contribution in [3.05, 3.63) is 108 Å². The van der Waals surface area contributed by atoms with Crippen molar-refractivity contribution in [3.63, 3.8) is 0 Å². The molecule has 0 aliphatic rings. The summed E-state index contributed by atoms with van der Waals surface area (Å²) in [6, 6.07) is 29.0. The maximum Gasteiger partial charge on any atom is 0.303 e. The Balaban J connectivity index is 1.69. The van der Waals surface area contributed by atoms with E-state index in [-0.39, 0.29) is 30.7 Å². The van der Waals surface area contributed by atoms with Gasteiger partial charge in [-0.3, -0.25) is 14.4 Å². The fourth-order valence-electron chi connectivity index (χ4n) is 4.21. The zero-order chi connectivity index (χ0) is 25.6. The molecule has 0 bridgehead atoms. The first-order valence-electron chi connectivity index (χ1n) is 12.5. The lowest BCUT2D eigenvalue weighted by Gasteiger charge is -2.23. The molecule has 3 N–H and O–H groups in total. The zero-order valence-corrected chi connectivity index (χ0v) is 20.4. The van der Waals surface area contributed by atoms with Gasteiger partial charge in [-0.1, -0.05) is 91.0 Å². The summed E-state index contributed by atoms with van der Waals surface area (Å²) in [4.78, 5) is 37.0. The van der Waals surface area contributed by atoms with Gasteiger partial charge in [0.15, 0.2) is 0 Å². The Kier molecular flexibility index (Phi) is 10.7. The summed E-state index contributed by atoms with van der Waals surface area (Å²) in [5, 5.41) is 14.8. The lowest BCUT2D eigenvalue weighted by atomic mass is 9.90. The summed E-state index contributed by atoms with van der Waals surface area (Å²) in [6.07, 6.45) is 2.72. The van der Waals surface area contributed by atoms with E-state index >= 15 is 0 Å². The Labute approximate surface area is 212 Å². The molecule has 6 heteroatoms. The largest absolute Gasteiger partial charge is 0.481 e. The van der Waals surface area contributed by atoms with Gasteiger partial charge in [0, 0.05) is 25.4 Å². The minimum atomic E-state index is -0.837. The molecule has 188 valence electrons. The molecule has 0 saturated heterocycles. The standard InChI is InChI=1S/C30H34N2O4/c33-27(31-21-11-10-18-28(34)35)22-26(20-19-23-12-4-1-5-13-23)32-30(36)29(24-14-6-2-7-15-24)25-16-8-3-9-17-25/h1-9,12-17,26,29H,10-11,18-22H2,(H,31,33)(H,32,36)(H,34,35). The van der Waals surface area contributed by atoms with Crippen molar-refractivity contribution < 1.29 is 19.5 Å². The fraction of sp³-hybridized carbons (Fsp3) is 0.300. The Hall–Kier alpha value is -3.93. The number of benzene rings is 3. The molecule has 0 aliphatic heterocycles. The van der Waals surface area contributed by atoms with E-state index in [1.807, 2.05) is 91.0 Å². The maximum absolute atomic E-state index is 13.6. The number of hydrogen-bond acceptors (Lipinski definition) is 3. The molecule has 0 fully saturated rings. The van der Waals surface area contributed by atoms with Crippen LogP contribution >= 0.6 is 0 Å². The maximum atomic E-state index is 13.6. The van der Waals surface area contributed by atoms with Crippen LogP contribution in [-0.2, 0) is 20.8 Å². The second-order valence-corrected chi connectivity index (χ2v) is 8.89. The highest BCUT2D eigenvalue weighted by Crippen LogP contribution is 2.25. The third-order valence-electron chi connectivity index (χ3n) is 6.07. The van der Waals surface area contributed by atoms with Gasteiger partial charge >= 0.3 is 5.97 Å². The molecule has 0 spiro atoms. The van der Waals surface area contributed by atoms with E-state index in [4.69, 9.17) is 5.11 Å². The summed E-state index contributed by atoms with van der Waals surface area (Å²) in [5.41, 5.74) is 2.94. The molecule has 0 aromatic heterocycles. The third kappa shape index (κ3) is 9.02. The normalized spacial score (nSPS) is 11.6. The topological polar surface area (TPSA) is 95.5 Å². The van der Waals surface area contributed by atoms with Crippen molar-refractivity contribution in [3.8, 4) is 0 Å². The number of carbonyl (C=O) groups is 3. The average Bonchev–Trinajstić information content (AvgIpc) is 2.89. The van der Waals surface area contributed by atoms with Crippen molar-refractivity contribution in [2.24, 2.45) is 0 Å². The van der Waals surface area contributed by atoms with Crippen LogP contribution in [0.2, 0.25) is 0 Å². The molecule has 0 heterocycles. The molecule has 3 rings (SSSR count). The van der Waals surface area contributed by atoms with Crippen molar-refractivity contribution in [2.45, 2.75) is 50.5 Å². The lowest BCUT2D eigenvalue weighted by Crippen LogP contribution is -2.42. The number of hydrogen-bond donors (Lipinski definition) is 3. The van der Waals surface area contributed by atoms with E-state index in [0.29, 0.717) is 25.8 Å². The second kappa shape index (κ2) is 14.5. The van der Waals surface area contributed by atoms with E-state index in [0.717, 1.165) is 23.1 Å². The first-order valence-corrected chi connectivity index (χ1v) is 12.5. The number of amides is 2. The zero-order valence-electron chi connectivity index (χ0n) is 20.4. The van der Waals surface area contributed by atoms with E-state index in [1.165, 1.54) is 0 Å². The van der Waals surface area contributed by atoms with Gasteiger partial charge < -0.3 is 15.7 Å². The Morgan fingerprint density at radius 3 is 1.86 bits per heavy atom. The van der Waals surface area contributed by atoms with Crippen LogP contribution < -0.4 is 10.6 Å². The van der Waals surface area contributed by atoms with Gasteiger partial charge in [-0.05, 0) is 42.4 Å². The van der Waals surface area contributed by atoms with Crippen LogP contribution in [0.15, 0.2) is 91.0 Å². The molecule has 0 radical (unpaired) electrons. The molecule has 1 unspecified atom stereocenters. The Morgan fingerprint density at radius 2 is 1.31 bits per heavy atom. The first kappa shape index (κ1) is 26.7. The number of rotatable bonds is 14. The van der Waals surface area contributed by atoms with Crippen LogP contribution in [0.3, 0.4) is 0 Å². The highest BCUT2D eigenvalue weighted by atomic mass is 16.4. The first-order chi connectivity index (χ1) is 17.5. The number of carboxylic acid groups (broad SMARTS) is 1. The van der Waals surface area contributed by atoms with Crippen molar-refractivity contribution in [1.29, 1.82) is 0 Å². The van der Waals surface area contributed by atoms with Crippen LogP contribution in [0, 0.1) is 0 Å². The fourth-order valence-corrected chi connectivity index (χ4v) is 4.21. The van der Waals surface area contributed by atoms with E-state index in [2.05, 4.69) is 10.6 Å². The molecule has 3 aromatic carbocycles. The van der Waals surface area contributed by atoms with Crippen molar-refractivity contribution in [1.82, 2.24) is 10.6 Å². The second-order valence-electron chi connectivity index (χ2n) is 8.89. The molecule has 3 aromatic rings. The molecule has 2 amide bonds. The van der Waals surface area contributed by atoms with E-state index in [9.17, 15) is 14.4 Å². The summed E-state index contributed by atoms with van der Waals surface area (Å²) in [6.45, 7) is 0.419. The number of unbranched alkanes of at least 4 members (excludes halogenated alkanes) is 1. The molecule has 0 aliphatic carbocycles. The number of carbonyl (C=O) groups excluding carboxylic acids is 2. The van der Waals surface area contributed by atoms with E-state index in [1.54, 1.807) is 0 Å². The highest BCUT2D eigenvalue weighted by Gasteiger charge is 2.25. The van der Waals surface area contributed by atoms with Crippen molar-refractivity contribution in [2.75, 3.05) is 6.54 Å². The van der Waals surface area contributed by atoms with Crippen molar-refractivity contribution >= 4 is 17.8 Å². The minimum absolute atomic E-state index is 0.0893. The Bertz CT molecular complexity index is 1050. The van der Waals surface area contributed by atoms with Gasteiger partial charge in [0.05, 0.1) is 5.92 Å². The average molecular weight is 487 g/mol. The molecule has 1 atom stereocenters. The predicted molar refractivity (Wildman–Crippen MR) is 141 cm³/mol. The monoisotopic (exact) mass is 486 g/mol. The smallest absolute Gasteiger partial charge is 0.303 e. The number of aliphatic carboxylic acids is 1. The molecule has 0 saturated carbocycles. The van der Waals surface area contributed by atoms with Gasteiger partial charge in [-0.15, -0.1) is 0 Å².